The Morgan fingerprint density at radius 2 is 1.53 bits per heavy atom. The number of aliphatic imine (C=N–C) groups is 1. The van der Waals surface area contributed by atoms with Crippen LogP contribution < -0.4 is 0 Å². The molecule has 0 saturated carbocycles. The van der Waals surface area contributed by atoms with Gasteiger partial charge < -0.3 is 0 Å². The first-order valence-electron chi connectivity index (χ1n) is 5.98. The third-order valence-electron chi connectivity index (χ3n) is 2.63. The van der Waals surface area contributed by atoms with Crippen molar-refractivity contribution in [2.24, 2.45) is 10.9 Å². The van der Waals surface area contributed by atoms with E-state index in [2.05, 4.69) is 36.2 Å². The minimum Gasteiger partial charge on any atom is -0.261 e. The van der Waals surface area contributed by atoms with Crippen LogP contribution in [0, 0.1) is 5.92 Å². The van der Waals surface area contributed by atoms with Crippen LogP contribution >= 0.6 is 0 Å². The molecule has 0 aromatic heterocycles. The number of nitrogens with zero attached hydrogens (tertiary/aromatic N) is 1. The average Bonchev–Trinajstić information content (AvgIpc) is 2.39. The first kappa shape index (κ1) is 11.6. The van der Waals surface area contributed by atoms with Gasteiger partial charge in [-0.3, -0.25) is 4.99 Å². The Kier molecular flexibility index (Phi) is 4.09. The lowest BCUT2D eigenvalue weighted by Crippen LogP contribution is -2.00. The van der Waals surface area contributed by atoms with Crippen LogP contribution in [0.15, 0.2) is 65.7 Å². The molecule has 0 aliphatic carbocycles. The Hall–Kier alpha value is -1.89. The molecule has 0 aliphatic rings. The van der Waals surface area contributed by atoms with Crippen molar-refractivity contribution >= 4 is 11.9 Å². The number of benzene rings is 2. The predicted octanol–water partition coefficient (Wildman–Crippen LogP) is 4.27. The van der Waals surface area contributed by atoms with Crippen LogP contribution in [0.4, 0.5) is 5.69 Å². The number of para-hydroxylation sites is 1. The largest absolute Gasteiger partial charge is 0.261 e. The van der Waals surface area contributed by atoms with Crippen molar-refractivity contribution in [3.8, 4) is 0 Å². The molecule has 86 valence electrons. The van der Waals surface area contributed by atoms with Gasteiger partial charge in [0.1, 0.15) is 0 Å². The van der Waals surface area contributed by atoms with Crippen molar-refractivity contribution in [2.75, 3.05) is 0 Å². The molecule has 1 unspecified atom stereocenters. The Morgan fingerprint density at radius 1 is 0.941 bits per heavy atom. The van der Waals surface area contributed by atoms with Gasteiger partial charge >= 0.3 is 0 Å². The fourth-order valence-electron chi connectivity index (χ4n) is 1.77. The third-order valence-corrected chi connectivity index (χ3v) is 2.63. The Labute approximate surface area is 103 Å². The van der Waals surface area contributed by atoms with Gasteiger partial charge in [-0.05, 0) is 30.0 Å². The van der Waals surface area contributed by atoms with Gasteiger partial charge in [0.25, 0.3) is 0 Å². The van der Waals surface area contributed by atoms with Crippen molar-refractivity contribution in [3.63, 3.8) is 0 Å². The predicted molar refractivity (Wildman–Crippen MR) is 73.9 cm³/mol. The molecule has 1 atom stereocenters. The highest BCUT2D eigenvalue weighted by Gasteiger charge is 1.99. The fraction of sp³-hybridized carbons (Fsp3) is 0.188. The van der Waals surface area contributed by atoms with E-state index in [1.807, 2.05) is 42.6 Å². The van der Waals surface area contributed by atoms with Crippen molar-refractivity contribution < 1.29 is 0 Å². The fourth-order valence-corrected chi connectivity index (χ4v) is 1.77. The molecule has 2 rings (SSSR count). The van der Waals surface area contributed by atoms with E-state index in [4.69, 9.17) is 0 Å². The molecule has 0 aliphatic heterocycles. The monoisotopic (exact) mass is 223 g/mol. The summed E-state index contributed by atoms with van der Waals surface area (Å²) in [6.07, 6.45) is 3.07. The second-order valence-corrected chi connectivity index (χ2v) is 4.28. The quantitative estimate of drug-likeness (QED) is 0.686. The lowest BCUT2D eigenvalue weighted by Gasteiger charge is -2.05. The van der Waals surface area contributed by atoms with Crippen LogP contribution in [0.3, 0.4) is 0 Å². The van der Waals surface area contributed by atoms with Gasteiger partial charge in [-0.25, -0.2) is 0 Å². The highest BCUT2D eigenvalue weighted by molar-refractivity contribution is 5.65. The standard InChI is InChI=1S/C16H17N/c1-14(12-15-8-4-2-5-9-15)13-17-16-10-6-3-7-11-16/h2-11,13-14H,12H2,1H3/b17-13-. The molecule has 1 nitrogen and oxygen atoms in total. The molecule has 0 spiro atoms. The van der Waals surface area contributed by atoms with Crippen molar-refractivity contribution in [1.82, 2.24) is 0 Å². The molecule has 0 amide bonds. The van der Waals surface area contributed by atoms with Gasteiger partial charge in [-0.2, -0.15) is 0 Å². The summed E-state index contributed by atoms with van der Waals surface area (Å²) >= 11 is 0. The van der Waals surface area contributed by atoms with E-state index in [1.165, 1.54) is 5.56 Å². The topological polar surface area (TPSA) is 12.4 Å². The molecule has 0 bridgehead atoms. The lowest BCUT2D eigenvalue weighted by atomic mass is 10.0. The second kappa shape index (κ2) is 6.00. The molecule has 0 N–H and O–H groups in total. The second-order valence-electron chi connectivity index (χ2n) is 4.28. The highest BCUT2D eigenvalue weighted by Crippen LogP contribution is 2.11. The van der Waals surface area contributed by atoms with E-state index in [0.29, 0.717) is 5.92 Å². The summed E-state index contributed by atoms with van der Waals surface area (Å²) in [7, 11) is 0. The summed E-state index contributed by atoms with van der Waals surface area (Å²) in [4.78, 5) is 4.48. The molecule has 17 heavy (non-hydrogen) atoms. The molecule has 2 aromatic carbocycles. The molecule has 0 fully saturated rings. The molecule has 1 heteroatoms. The summed E-state index contributed by atoms with van der Waals surface area (Å²) in [5.74, 6) is 0.456. The number of hydrogen-bond acceptors (Lipinski definition) is 1. The minimum absolute atomic E-state index is 0.456. The van der Waals surface area contributed by atoms with Gasteiger partial charge in [0, 0.05) is 6.21 Å². The van der Waals surface area contributed by atoms with Gasteiger partial charge in [0.15, 0.2) is 0 Å². The smallest absolute Gasteiger partial charge is 0.0625 e. The zero-order chi connectivity index (χ0) is 11.9. The van der Waals surface area contributed by atoms with Crippen LogP contribution in [-0.2, 0) is 6.42 Å². The van der Waals surface area contributed by atoms with Crippen molar-refractivity contribution in [2.45, 2.75) is 13.3 Å². The highest BCUT2D eigenvalue weighted by atomic mass is 14.7. The van der Waals surface area contributed by atoms with Crippen LogP contribution in [0.1, 0.15) is 12.5 Å². The summed E-state index contributed by atoms with van der Waals surface area (Å²) in [5, 5.41) is 0. The maximum absolute atomic E-state index is 4.48. The molecule has 0 saturated heterocycles. The van der Waals surface area contributed by atoms with Crippen LogP contribution in [0.25, 0.3) is 0 Å². The molecular formula is C16H17N. The third kappa shape index (κ3) is 3.87. The van der Waals surface area contributed by atoms with E-state index >= 15 is 0 Å². The number of rotatable bonds is 4. The normalized spacial score (nSPS) is 12.8. The molecule has 0 radical (unpaired) electrons. The van der Waals surface area contributed by atoms with E-state index in [1.54, 1.807) is 0 Å². The first-order valence-corrected chi connectivity index (χ1v) is 5.98. The van der Waals surface area contributed by atoms with E-state index in [9.17, 15) is 0 Å². The van der Waals surface area contributed by atoms with Gasteiger partial charge in [-0.1, -0.05) is 55.5 Å². The maximum Gasteiger partial charge on any atom is 0.0625 e. The summed E-state index contributed by atoms with van der Waals surface area (Å²) < 4.78 is 0. The van der Waals surface area contributed by atoms with Crippen LogP contribution in [0.5, 0.6) is 0 Å². The maximum atomic E-state index is 4.48. The molecular weight excluding hydrogens is 206 g/mol. The molecule has 2 aromatic rings. The Morgan fingerprint density at radius 3 is 2.18 bits per heavy atom. The summed E-state index contributed by atoms with van der Waals surface area (Å²) in [6, 6.07) is 20.6. The zero-order valence-electron chi connectivity index (χ0n) is 10.1. The minimum atomic E-state index is 0.456. The lowest BCUT2D eigenvalue weighted by molar-refractivity contribution is 0.783. The average molecular weight is 223 g/mol. The zero-order valence-corrected chi connectivity index (χ0v) is 10.1. The van der Waals surface area contributed by atoms with Crippen molar-refractivity contribution in [3.05, 3.63) is 66.2 Å². The Bertz CT molecular complexity index is 459. The van der Waals surface area contributed by atoms with Gasteiger partial charge in [-0.15, -0.1) is 0 Å². The van der Waals surface area contributed by atoms with Crippen LogP contribution in [0.2, 0.25) is 0 Å². The molecule has 0 heterocycles. The van der Waals surface area contributed by atoms with E-state index < -0.39 is 0 Å². The van der Waals surface area contributed by atoms with Crippen LogP contribution in [-0.4, -0.2) is 6.21 Å². The van der Waals surface area contributed by atoms with E-state index in [0.717, 1.165) is 12.1 Å². The Balaban J connectivity index is 1.94. The SMILES string of the molecule is CC(/C=N\c1ccccc1)Cc1ccccc1. The summed E-state index contributed by atoms with van der Waals surface area (Å²) in [6.45, 7) is 2.19. The van der Waals surface area contributed by atoms with Gasteiger partial charge in [0.05, 0.1) is 5.69 Å². The van der Waals surface area contributed by atoms with E-state index in [-0.39, 0.29) is 0 Å². The summed E-state index contributed by atoms with van der Waals surface area (Å²) in [5.41, 5.74) is 2.38. The first-order chi connectivity index (χ1) is 8.34. The number of hydrogen-bond donors (Lipinski definition) is 0. The van der Waals surface area contributed by atoms with Gasteiger partial charge in [0.2, 0.25) is 0 Å². The van der Waals surface area contributed by atoms with Crippen molar-refractivity contribution in [1.29, 1.82) is 0 Å².